The fourth-order valence-electron chi connectivity index (χ4n) is 1.94. The minimum Gasteiger partial charge on any atom is -0.489 e. The number of ether oxygens (including phenoxy) is 1. The van der Waals surface area contributed by atoms with E-state index in [-0.39, 0.29) is 0 Å². The van der Waals surface area contributed by atoms with Gasteiger partial charge in [0.2, 0.25) is 0 Å². The van der Waals surface area contributed by atoms with Crippen LogP contribution in [-0.2, 0) is 6.61 Å². The van der Waals surface area contributed by atoms with E-state index in [1.165, 1.54) is 5.56 Å². The summed E-state index contributed by atoms with van der Waals surface area (Å²) >= 11 is 0. The van der Waals surface area contributed by atoms with Crippen LogP contribution < -0.4 is 4.74 Å². The number of nitrogens with zero attached hydrogens (tertiary/aromatic N) is 2. The first-order valence-electron chi connectivity index (χ1n) is 6.69. The molecule has 0 aliphatic rings. The lowest BCUT2D eigenvalue weighted by Crippen LogP contribution is -2.01. The van der Waals surface area contributed by atoms with E-state index in [4.69, 9.17) is 10.00 Å². The molecule has 0 N–H and O–H groups in total. The van der Waals surface area contributed by atoms with E-state index in [0.717, 1.165) is 16.9 Å². The van der Waals surface area contributed by atoms with Gasteiger partial charge in [0.15, 0.2) is 0 Å². The molecule has 3 nitrogen and oxygen atoms in total. The summed E-state index contributed by atoms with van der Waals surface area (Å²) in [7, 11) is 0. The predicted molar refractivity (Wildman–Crippen MR) is 78.6 cm³/mol. The highest BCUT2D eigenvalue weighted by atomic mass is 16.5. The maximum absolute atomic E-state index is 9.02. The summed E-state index contributed by atoms with van der Waals surface area (Å²) in [5.41, 5.74) is 3.57. The van der Waals surface area contributed by atoms with Gasteiger partial charge in [0, 0.05) is 11.8 Å². The number of nitriles is 1. The van der Waals surface area contributed by atoms with Gasteiger partial charge in [-0.05, 0) is 36.1 Å². The first-order chi connectivity index (χ1) is 9.61. The molecule has 0 saturated heterocycles. The van der Waals surface area contributed by atoms with E-state index in [1.807, 2.05) is 19.1 Å². The quantitative estimate of drug-likeness (QED) is 0.841. The number of aryl methyl sites for hydroxylation is 1. The van der Waals surface area contributed by atoms with Crippen molar-refractivity contribution in [3.8, 4) is 11.8 Å². The van der Waals surface area contributed by atoms with Crippen LogP contribution in [0.1, 0.15) is 42.1 Å². The largest absolute Gasteiger partial charge is 0.489 e. The van der Waals surface area contributed by atoms with E-state index < -0.39 is 0 Å². The molecule has 0 fully saturated rings. The molecule has 1 aromatic carbocycles. The third-order valence-electron chi connectivity index (χ3n) is 3.26. The number of aromatic nitrogens is 1. The molecule has 0 aliphatic heterocycles. The molecule has 3 heteroatoms. The zero-order chi connectivity index (χ0) is 14.5. The molecule has 20 heavy (non-hydrogen) atoms. The van der Waals surface area contributed by atoms with Crippen molar-refractivity contribution < 1.29 is 4.74 Å². The van der Waals surface area contributed by atoms with Gasteiger partial charge < -0.3 is 4.74 Å². The Kier molecular flexibility index (Phi) is 4.37. The lowest BCUT2D eigenvalue weighted by Gasteiger charge is -2.13. The lowest BCUT2D eigenvalue weighted by atomic mass is 10.0. The van der Waals surface area contributed by atoms with Crippen LogP contribution in [0, 0.1) is 18.3 Å². The van der Waals surface area contributed by atoms with E-state index in [0.29, 0.717) is 18.2 Å². The summed E-state index contributed by atoms with van der Waals surface area (Å²) in [6, 6.07) is 12.0. The molecule has 0 bridgehead atoms. The van der Waals surface area contributed by atoms with E-state index in [1.54, 1.807) is 6.20 Å². The van der Waals surface area contributed by atoms with E-state index in [2.05, 4.69) is 43.1 Å². The second kappa shape index (κ2) is 6.21. The number of pyridine rings is 1. The third kappa shape index (κ3) is 3.16. The standard InChI is InChI=1S/C17H18N2O/c1-12(2)14-7-6-13(3)17(9-14)20-11-15-5-4-8-19-16(15)10-18/h4-9,12H,11H2,1-3H3. The molecule has 0 saturated carbocycles. The Balaban J connectivity index is 2.19. The van der Waals surface area contributed by atoms with E-state index in [9.17, 15) is 0 Å². The molecular formula is C17H18N2O. The first-order valence-corrected chi connectivity index (χ1v) is 6.69. The number of rotatable bonds is 4. The molecule has 1 heterocycles. The Hall–Kier alpha value is -2.34. The normalized spacial score (nSPS) is 10.3. The van der Waals surface area contributed by atoms with Crippen LogP contribution in [0.5, 0.6) is 5.75 Å². The molecular weight excluding hydrogens is 248 g/mol. The maximum atomic E-state index is 9.02. The van der Waals surface area contributed by atoms with Gasteiger partial charge in [-0.25, -0.2) is 4.98 Å². The van der Waals surface area contributed by atoms with Crippen molar-refractivity contribution in [1.29, 1.82) is 5.26 Å². The van der Waals surface area contributed by atoms with E-state index >= 15 is 0 Å². The van der Waals surface area contributed by atoms with Crippen molar-refractivity contribution in [3.63, 3.8) is 0 Å². The van der Waals surface area contributed by atoms with Gasteiger partial charge >= 0.3 is 0 Å². The Morgan fingerprint density at radius 3 is 2.80 bits per heavy atom. The van der Waals surface area contributed by atoms with Gasteiger partial charge in [0.1, 0.15) is 24.1 Å². The highest BCUT2D eigenvalue weighted by molar-refractivity contribution is 5.38. The van der Waals surface area contributed by atoms with Crippen molar-refractivity contribution >= 4 is 0 Å². The topological polar surface area (TPSA) is 45.9 Å². The fraction of sp³-hybridized carbons (Fsp3) is 0.294. The zero-order valence-electron chi connectivity index (χ0n) is 12.1. The molecule has 0 unspecified atom stereocenters. The molecule has 0 amide bonds. The summed E-state index contributed by atoms with van der Waals surface area (Å²) in [5, 5.41) is 9.02. The predicted octanol–water partition coefficient (Wildman–Crippen LogP) is 3.96. The minimum absolute atomic E-state index is 0.360. The average molecular weight is 266 g/mol. The summed E-state index contributed by atoms with van der Waals surface area (Å²) in [5.74, 6) is 1.33. The van der Waals surface area contributed by atoms with Crippen molar-refractivity contribution in [2.75, 3.05) is 0 Å². The summed E-state index contributed by atoms with van der Waals surface area (Å²) in [6.07, 6.45) is 1.62. The molecule has 0 atom stereocenters. The molecule has 102 valence electrons. The van der Waals surface area contributed by atoms with Crippen LogP contribution in [0.25, 0.3) is 0 Å². The van der Waals surface area contributed by atoms with Gasteiger partial charge in [-0.1, -0.05) is 32.0 Å². The summed E-state index contributed by atoms with van der Waals surface area (Å²) in [4.78, 5) is 4.04. The lowest BCUT2D eigenvalue weighted by molar-refractivity contribution is 0.303. The molecule has 0 aliphatic carbocycles. The second-order valence-electron chi connectivity index (χ2n) is 5.09. The monoisotopic (exact) mass is 266 g/mol. The second-order valence-corrected chi connectivity index (χ2v) is 5.09. The molecule has 0 spiro atoms. The number of hydrogen-bond acceptors (Lipinski definition) is 3. The highest BCUT2D eigenvalue weighted by Gasteiger charge is 2.07. The molecule has 0 radical (unpaired) electrons. The highest BCUT2D eigenvalue weighted by Crippen LogP contribution is 2.25. The maximum Gasteiger partial charge on any atom is 0.147 e. The summed E-state index contributed by atoms with van der Waals surface area (Å²) < 4.78 is 5.87. The fourth-order valence-corrected chi connectivity index (χ4v) is 1.94. The molecule has 2 aromatic rings. The van der Waals surface area contributed by atoms with Crippen LogP contribution >= 0.6 is 0 Å². The van der Waals surface area contributed by atoms with Gasteiger partial charge in [0.25, 0.3) is 0 Å². The van der Waals surface area contributed by atoms with Gasteiger partial charge in [-0.3, -0.25) is 0 Å². The first kappa shape index (κ1) is 14.1. The zero-order valence-corrected chi connectivity index (χ0v) is 12.1. The number of hydrogen-bond donors (Lipinski definition) is 0. The van der Waals surface area contributed by atoms with Crippen LogP contribution in [0.3, 0.4) is 0 Å². The minimum atomic E-state index is 0.360. The van der Waals surface area contributed by atoms with Crippen molar-refractivity contribution in [1.82, 2.24) is 4.98 Å². The van der Waals surface area contributed by atoms with Crippen molar-refractivity contribution in [3.05, 3.63) is 58.9 Å². The Morgan fingerprint density at radius 2 is 2.10 bits per heavy atom. The van der Waals surface area contributed by atoms with Gasteiger partial charge in [0.05, 0.1) is 0 Å². The third-order valence-corrected chi connectivity index (χ3v) is 3.26. The van der Waals surface area contributed by atoms with Crippen molar-refractivity contribution in [2.45, 2.75) is 33.3 Å². The van der Waals surface area contributed by atoms with Gasteiger partial charge in [-0.15, -0.1) is 0 Å². The average Bonchev–Trinajstić information content (AvgIpc) is 2.46. The van der Waals surface area contributed by atoms with Crippen LogP contribution in [0.15, 0.2) is 36.5 Å². The molecule has 2 rings (SSSR count). The SMILES string of the molecule is Cc1ccc(C(C)C)cc1OCc1cccnc1C#N. The van der Waals surface area contributed by atoms with Crippen LogP contribution in [0.4, 0.5) is 0 Å². The Bertz CT molecular complexity index is 642. The van der Waals surface area contributed by atoms with Gasteiger partial charge in [-0.2, -0.15) is 5.26 Å². The van der Waals surface area contributed by atoms with Crippen molar-refractivity contribution in [2.24, 2.45) is 0 Å². The number of benzene rings is 1. The smallest absolute Gasteiger partial charge is 0.147 e. The van der Waals surface area contributed by atoms with Crippen LogP contribution in [-0.4, -0.2) is 4.98 Å². The Labute approximate surface area is 119 Å². The Morgan fingerprint density at radius 1 is 1.30 bits per heavy atom. The van der Waals surface area contributed by atoms with Crippen LogP contribution in [0.2, 0.25) is 0 Å². The molecule has 1 aromatic heterocycles. The summed E-state index contributed by atoms with van der Waals surface area (Å²) in [6.45, 7) is 6.69.